The van der Waals surface area contributed by atoms with Crippen molar-refractivity contribution in [3.8, 4) is 0 Å². The lowest BCUT2D eigenvalue weighted by Gasteiger charge is -2.23. The van der Waals surface area contributed by atoms with E-state index in [1.165, 1.54) is 12.8 Å². The van der Waals surface area contributed by atoms with Gasteiger partial charge in [-0.05, 0) is 33.6 Å². The normalized spacial score (nSPS) is 16.5. The Kier molecular flexibility index (Phi) is 2.25. The van der Waals surface area contributed by atoms with Crippen LogP contribution >= 0.6 is 0 Å². The highest BCUT2D eigenvalue weighted by molar-refractivity contribution is 5.70. The first-order valence-corrected chi connectivity index (χ1v) is 5.20. The van der Waals surface area contributed by atoms with Gasteiger partial charge in [-0.2, -0.15) is 0 Å². The molecule has 0 bridgehead atoms. The molecule has 5 heteroatoms. The van der Waals surface area contributed by atoms with Crippen LogP contribution in [0.3, 0.4) is 0 Å². The minimum absolute atomic E-state index is 0.184. The Morgan fingerprint density at radius 2 is 2.07 bits per heavy atom. The summed E-state index contributed by atoms with van der Waals surface area (Å²) in [6.07, 6.45) is 3.09. The van der Waals surface area contributed by atoms with Crippen molar-refractivity contribution >= 4 is 12.2 Å². The zero-order chi connectivity index (χ0) is 11.1. The predicted molar refractivity (Wildman–Crippen MR) is 57.1 cm³/mol. The Bertz CT molecular complexity index is 373. The van der Waals surface area contributed by atoms with Crippen LogP contribution in [0, 0.1) is 0 Å². The first kappa shape index (κ1) is 10.1. The smallest absolute Gasteiger partial charge is 0.225 e. The number of nitrogens with one attached hydrogen (secondary N) is 1. The Hall–Kier alpha value is -1.39. The van der Waals surface area contributed by atoms with Crippen molar-refractivity contribution in [2.45, 2.75) is 45.2 Å². The van der Waals surface area contributed by atoms with Crippen molar-refractivity contribution in [3.05, 3.63) is 5.82 Å². The monoisotopic (exact) mass is 208 g/mol. The highest BCUT2D eigenvalue weighted by atomic mass is 16.1. The summed E-state index contributed by atoms with van der Waals surface area (Å²) in [4.78, 5) is 10.8. The molecular weight excluding hydrogens is 192 g/mol. The molecule has 0 saturated heterocycles. The zero-order valence-electron chi connectivity index (χ0n) is 9.32. The van der Waals surface area contributed by atoms with Crippen LogP contribution in [0.4, 0.5) is 5.95 Å². The molecule has 1 aromatic rings. The third-order valence-corrected chi connectivity index (χ3v) is 2.37. The number of carbonyl (C=O) groups excluding carboxylic acids is 1. The van der Waals surface area contributed by atoms with Gasteiger partial charge in [-0.3, -0.25) is 9.36 Å². The van der Waals surface area contributed by atoms with Crippen molar-refractivity contribution in [3.63, 3.8) is 0 Å². The van der Waals surface area contributed by atoms with Crippen LogP contribution in [0.25, 0.3) is 0 Å². The number of rotatable bonds is 3. The average molecular weight is 208 g/mol. The lowest BCUT2D eigenvalue weighted by Crippen LogP contribution is -2.26. The van der Waals surface area contributed by atoms with E-state index in [0.717, 1.165) is 6.29 Å². The summed E-state index contributed by atoms with van der Waals surface area (Å²) in [6.45, 7) is 6.09. The van der Waals surface area contributed by atoms with E-state index in [1.807, 2.05) is 25.3 Å². The maximum Gasteiger partial charge on any atom is 0.225 e. The molecule has 0 unspecified atom stereocenters. The number of carbonyl (C=O) groups is 1. The van der Waals surface area contributed by atoms with Crippen LogP contribution in [0.2, 0.25) is 0 Å². The summed E-state index contributed by atoms with van der Waals surface area (Å²) in [6, 6.07) is 0.509. The molecule has 1 fully saturated rings. The summed E-state index contributed by atoms with van der Waals surface area (Å²) in [5.74, 6) is 1.08. The highest BCUT2D eigenvalue weighted by Gasteiger charge is 2.27. The second-order valence-electron chi connectivity index (χ2n) is 4.92. The summed E-state index contributed by atoms with van der Waals surface area (Å²) in [5.41, 5.74) is -0.184. The summed E-state index contributed by atoms with van der Waals surface area (Å²) >= 11 is 0. The van der Waals surface area contributed by atoms with Crippen LogP contribution in [0.5, 0.6) is 0 Å². The third-order valence-electron chi connectivity index (χ3n) is 2.37. The molecule has 0 atom stereocenters. The second kappa shape index (κ2) is 3.32. The van der Waals surface area contributed by atoms with Gasteiger partial charge in [0, 0.05) is 11.6 Å². The number of hydrogen-bond donors (Lipinski definition) is 1. The number of nitrogens with zero attached hydrogens (tertiary/aromatic N) is 3. The third kappa shape index (κ3) is 2.00. The fourth-order valence-electron chi connectivity index (χ4n) is 1.54. The molecule has 1 N–H and O–H groups in total. The van der Waals surface area contributed by atoms with E-state index in [4.69, 9.17) is 0 Å². The van der Waals surface area contributed by atoms with Gasteiger partial charge < -0.3 is 5.32 Å². The van der Waals surface area contributed by atoms with Crippen molar-refractivity contribution in [2.24, 2.45) is 0 Å². The molecule has 0 aromatic carbocycles. The Labute approximate surface area is 88.9 Å². The van der Waals surface area contributed by atoms with Gasteiger partial charge >= 0.3 is 0 Å². The van der Waals surface area contributed by atoms with Crippen molar-refractivity contribution in [1.82, 2.24) is 14.8 Å². The molecule has 15 heavy (non-hydrogen) atoms. The summed E-state index contributed by atoms with van der Waals surface area (Å²) in [7, 11) is 0. The second-order valence-corrected chi connectivity index (χ2v) is 4.92. The molecular formula is C10H16N4O. The lowest BCUT2D eigenvalue weighted by molar-refractivity contribution is 0.110. The summed E-state index contributed by atoms with van der Waals surface area (Å²) in [5, 5.41) is 11.1. The van der Waals surface area contributed by atoms with E-state index in [9.17, 15) is 4.79 Å². The summed E-state index contributed by atoms with van der Waals surface area (Å²) < 4.78 is 1.85. The molecule has 0 spiro atoms. The Balaban J connectivity index is 2.35. The molecule has 1 aliphatic carbocycles. The van der Waals surface area contributed by atoms with E-state index in [-0.39, 0.29) is 5.54 Å². The molecule has 1 aromatic heterocycles. The number of aromatic nitrogens is 3. The zero-order valence-corrected chi connectivity index (χ0v) is 9.32. The SMILES string of the molecule is CC(C)(C)n1c(C=O)nnc1NC1CC1. The molecule has 0 amide bonds. The van der Waals surface area contributed by atoms with Crippen LogP contribution in [-0.2, 0) is 5.54 Å². The van der Waals surface area contributed by atoms with E-state index in [2.05, 4.69) is 15.5 Å². The van der Waals surface area contributed by atoms with Gasteiger partial charge in [0.1, 0.15) is 0 Å². The largest absolute Gasteiger partial charge is 0.352 e. The molecule has 2 rings (SSSR count). The number of aldehydes is 1. The fraction of sp³-hybridized carbons (Fsp3) is 0.700. The van der Waals surface area contributed by atoms with Crippen LogP contribution in [0.1, 0.15) is 44.2 Å². The lowest BCUT2D eigenvalue weighted by atomic mass is 10.1. The molecule has 1 heterocycles. The fourth-order valence-corrected chi connectivity index (χ4v) is 1.54. The minimum Gasteiger partial charge on any atom is -0.352 e. The molecule has 0 radical (unpaired) electrons. The molecule has 82 valence electrons. The topological polar surface area (TPSA) is 59.8 Å². The number of anilines is 1. The average Bonchev–Trinajstić information content (AvgIpc) is 2.81. The molecule has 1 aliphatic rings. The van der Waals surface area contributed by atoms with Gasteiger partial charge in [-0.15, -0.1) is 10.2 Å². The van der Waals surface area contributed by atoms with Gasteiger partial charge in [0.05, 0.1) is 0 Å². The van der Waals surface area contributed by atoms with Crippen LogP contribution < -0.4 is 5.32 Å². The molecule has 0 aliphatic heterocycles. The van der Waals surface area contributed by atoms with Gasteiger partial charge in [0.25, 0.3) is 0 Å². The van der Waals surface area contributed by atoms with E-state index in [1.54, 1.807) is 0 Å². The maximum atomic E-state index is 10.8. The van der Waals surface area contributed by atoms with E-state index >= 15 is 0 Å². The standard InChI is InChI=1S/C10H16N4O/c1-10(2,3)14-8(6-15)12-13-9(14)11-7-4-5-7/h6-7H,4-5H2,1-3H3,(H,11,13). The first-order chi connectivity index (χ1) is 7.02. The van der Waals surface area contributed by atoms with E-state index in [0.29, 0.717) is 17.8 Å². The van der Waals surface area contributed by atoms with Gasteiger partial charge in [-0.25, -0.2) is 0 Å². The van der Waals surface area contributed by atoms with Gasteiger partial charge in [0.15, 0.2) is 12.1 Å². The van der Waals surface area contributed by atoms with Crippen molar-refractivity contribution in [2.75, 3.05) is 5.32 Å². The van der Waals surface area contributed by atoms with Gasteiger partial charge in [0.2, 0.25) is 5.95 Å². The highest BCUT2D eigenvalue weighted by Crippen LogP contribution is 2.27. The maximum absolute atomic E-state index is 10.8. The first-order valence-electron chi connectivity index (χ1n) is 5.20. The molecule has 5 nitrogen and oxygen atoms in total. The Morgan fingerprint density at radius 1 is 1.40 bits per heavy atom. The van der Waals surface area contributed by atoms with E-state index < -0.39 is 0 Å². The minimum atomic E-state index is -0.184. The van der Waals surface area contributed by atoms with Crippen molar-refractivity contribution < 1.29 is 4.79 Å². The Morgan fingerprint density at radius 3 is 2.53 bits per heavy atom. The molecule has 1 saturated carbocycles. The van der Waals surface area contributed by atoms with Crippen molar-refractivity contribution in [1.29, 1.82) is 0 Å². The van der Waals surface area contributed by atoms with Crippen LogP contribution in [0.15, 0.2) is 0 Å². The number of hydrogen-bond acceptors (Lipinski definition) is 4. The quantitative estimate of drug-likeness (QED) is 0.763. The predicted octanol–water partition coefficient (Wildman–Crippen LogP) is 1.42. The van der Waals surface area contributed by atoms with Crippen LogP contribution in [-0.4, -0.2) is 27.1 Å². The van der Waals surface area contributed by atoms with Gasteiger partial charge in [-0.1, -0.05) is 0 Å².